The SMILES string of the molecule is CC(C)(C)NC(=O)C1CCN(C(=O)c2ccc([N+](=O)[O-])cc2)CC1. The van der Waals surface area contributed by atoms with Crippen LogP contribution in [-0.4, -0.2) is 40.3 Å². The summed E-state index contributed by atoms with van der Waals surface area (Å²) < 4.78 is 0. The van der Waals surface area contributed by atoms with Crippen LogP contribution in [0.4, 0.5) is 5.69 Å². The molecule has 1 fully saturated rings. The number of nitro groups is 1. The largest absolute Gasteiger partial charge is 0.351 e. The van der Waals surface area contributed by atoms with Crippen LogP contribution >= 0.6 is 0 Å². The highest BCUT2D eigenvalue weighted by molar-refractivity contribution is 5.94. The van der Waals surface area contributed by atoms with Crippen LogP contribution in [-0.2, 0) is 4.79 Å². The topological polar surface area (TPSA) is 92.6 Å². The lowest BCUT2D eigenvalue weighted by atomic mass is 9.94. The van der Waals surface area contributed by atoms with E-state index < -0.39 is 4.92 Å². The van der Waals surface area contributed by atoms with Gasteiger partial charge in [-0.15, -0.1) is 0 Å². The van der Waals surface area contributed by atoms with Crippen molar-refractivity contribution in [2.75, 3.05) is 13.1 Å². The van der Waals surface area contributed by atoms with E-state index in [4.69, 9.17) is 0 Å². The summed E-state index contributed by atoms with van der Waals surface area (Å²) >= 11 is 0. The first-order chi connectivity index (χ1) is 11.2. The number of rotatable bonds is 3. The maximum absolute atomic E-state index is 12.4. The van der Waals surface area contributed by atoms with Crippen molar-refractivity contribution in [2.24, 2.45) is 5.92 Å². The molecule has 24 heavy (non-hydrogen) atoms. The molecule has 0 bridgehead atoms. The summed E-state index contributed by atoms with van der Waals surface area (Å²) in [7, 11) is 0. The number of nitro benzene ring substituents is 1. The van der Waals surface area contributed by atoms with Gasteiger partial charge in [0.15, 0.2) is 0 Å². The van der Waals surface area contributed by atoms with Gasteiger partial charge in [-0.2, -0.15) is 0 Å². The number of hydrogen-bond acceptors (Lipinski definition) is 4. The number of piperidine rings is 1. The maximum atomic E-state index is 12.4. The Labute approximate surface area is 141 Å². The Bertz CT molecular complexity index is 626. The Hall–Kier alpha value is -2.44. The molecule has 1 aliphatic rings. The van der Waals surface area contributed by atoms with E-state index in [1.165, 1.54) is 24.3 Å². The minimum atomic E-state index is -0.492. The van der Waals surface area contributed by atoms with Crippen molar-refractivity contribution in [1.29, 1.82) is 0 Å². The molecule has 130 valence electrons. The van der Waals surface area contributed by atoms with E-state index in [9.17, 15) is 19.7 Å². The van der Waals surface area contributed by atoms with E-state index in [2.05, 4.69) is 5.32 Å². The van der Waals surface area contributed by atoms with Gasteiger partial charge in [0, 0.05) is 42.2 Å². The Morgan fingerprint density at radius 1 is 1.17 bits per heavy atom. The predicted octanol–water partition coefficient (Wildman–Crippen LogP) is 2.36. The summed E-state index contributed by atoms with van der Waals surface area (Å²) in [6.07, 6.45) is 1.25. The molecule has 0 aromatic heterocycles. The molecule has 0 saturated carbocycles. The van der Waals surface area contributed by atoms with Crippen LogP contribution in [0.5, 0.6) is 0 Å². The quantitative estimate of drug-likeness (QED) is 0.679. The number of carbonyl (C=O) groups is 2. The van der Waals surface area contributed by atoms with Gasteiger partial charge in [0.2, 0.25) is 5.91 Å². The summed E-state index contributed by atoms with van der Waals surface area (Å²) in [5.74, 6) is -0.199. The lowest BCUT2D eigenvalue weighted by Gasteiger charge is -2.33. The highest BCUT2D eigenvalue weighted by Gasteiger charge is 2.29. The molecule has 1 saturated heterocycles. The third-order valence-electron chi connectivity index (χ3n) is 3.98. The number of carbonyl (C=O) groups excluding carboxylic acids is 2. The van der Waals surface area contributed by atoms with Crippen LogP contribution in [0.2, 0.25) is 0 Å². The third kappa shape index (κ3) is 4.53. The van der Waals surface area contributed by atoms with Gasteiger partial charge >= 0.3 is 0 Å². The molecular formula is C17H23N3O4. The smallest absolute Gasteiger partial charge is 0.269 e. The second-order valence-electron chi connectivity index (χ2n) is 7.11. The molecule has 7 nitrogen and oxygen atoms in total. The first-order valence-corrected chi connectivity index (χ1v) is 8.03. The maximum Gasteiger partial charge on any atom is 0.269 e. The second kappa shape index (κ2) is 6.98. The highest BCUT2D eigenvalue weighted by Crippen LogP contribution is 2.21. The third-order valence-corrected chi connectivity index (χ3v) is 3.98. The zero-order valence-electron chi connectivity index (χ0n) is 14.2. The van der Waals surface area contributed by atoms with E-state index in [1.54, 1.807) is 4.90 Å². The average Bonchev–Trinajstić information content (AvgIpc) is 2.53. The fourth-order valence-electron chi connectivity index (χ4n) is 2.72. The Kier molecular flexibility index (Phi) is 5.21. The van der Waals surface area contributed by atoms with Gasteiger partial charge in [-0.1, -0.05) is 0 Å². The van der Waals surface area contributed by atoms with Gasteiger partial charge in [0.05, 0.1) is 4.92 Å². The standard InChI is InChI=1S/C17H23N3O4/c1-17(2,3)18-15(21)12-8-10-19(11-9-12)16(22)13-4-6-14(7-5-13)20(23)24/h4-7,12H,8-11H2,1-3H3,(H,18,21). The molecule has 2 rings (SSSR count). The fourth-order valence-corrected chi connectivity index (χ4v) is 2.72. The van der Waals surface area contributed by atoms with Crippen molar-refractivity contribution in [2.45, 2.75) is 39.2 Å². The van der Waals surface area contributed by atoms with Gasteiger partial charge in [-0.05, 0) is 45.7 Å². The van der Waals surface area contributed by atoms with Gasteiger partial charge in [0.1, 0.15) is 0 Å². The molecule has 0 radical (unpaired) electrons. The number of amides is 2. The molecule has 0 unspecified atom stereocenters. The molecule has 1 heterocycles. The number of non-ortho nitro benzene ring substituents is 1. The summed E-state index contributed by atoms with van der Waals surface area (Å²) in [4.78, 5) is 36.5. The Morgan fingerprint density at radius 3 is 2.17 bits per heavy atom. The number of nitrogens with zero attached hydrogens (tertiary/aromatic N) is 2. The molecule has 7 heteroatoms. The lowest BCUT2D eigenvalue weighted by Crippen LogP contribution is -2.47. The Balaban J connectivity index is 1.93. The van der Waals surface area contributed by atoms with Gasteiger partial charge < -0.3 is 10.2 Å². The predicted molar refractivity (Wildman–Crippen MR) is 89.6 cm³/mol. The van der Waals surface area contributed by atoms with E-state index in [1.807, 2.05) is 20.8 Å². The van der Waals surface area contributed by atoms with Crippen molar-refractivity contribution >= 4 is 17.5 Å². The van der Waals surface area contributed by atoms with Crippen molar-refractivity contribution in [1.82, 2.24) is 10.2 Å². The van der Waals surface area contributed by atoms with Crippen molar-refractivity contribution in [3.8, 4) is 0 Å². The molecule has 1 aliphatic heterocycles. The monoisotopic (exact) mass is 333 g/mol. The fraction of sp³-hybridized carbons (Fsp3) is 0.529. The van der Waals surface area contributed by atoms with E-state index >= 15 is 0 Å². The Morgan fingerprint density at radius 2 is 1.71 bits per heavy atom. The van der Waals surface area contributed by atoms with E-state index in [0.717, 1.165) is 0 Å². The molecule has 1 aromatic carbocycles. The first kappa shape index (κ1) is 17.9. The van der Waals surface area contributed by atoms with Crippen LogP contribution in [0.1, 0.15) is 44.0 Å². The molecule has 1 aromatic rings. The number of likely N-dealkylation sites (tertiary alicyclic amines) is 1. The van der Waals surface area contributed by atoms with Crippen LogP contribution < -0.4 is 5.32 Å². The summed E-state index contributed by atoms with van der Waals surface area (Å²) in [6, 6.07) is 5.60. The summed E-state index contributed by atoms with van der Waals surface area (Å²) in [5.41, 5.74) is 0.130. The van der Waals surface area contributed by atoms with Crippen LogP contribution in [0.3, 0.4) is 0 Å². The van der Waals surface area contributed by atoms with Crippen molar-refractivity contribution < 1.29 is 14.5 Å². The van der Waals surface area contributed by atoms with E-state index in [-0.39, 0.29) is 29.0 Å². The van der Waals surface area contributed by atoms with Crippen LogP contribution in [0.15, 0.2) is 24.3 Å². The van der Waals surface area contributed by atoms with Gasteiger partial charge in [0.25, 0.3) is 11.6 Å². The number of nitrogens with one attached hydrogen (secondary N) is 1. The molecular weight excluding hydrogens is 310 g/mol. The lowest BCUT2D eigenvalue weighted by molar-refractivity contribution is -0.384. The van der Waals surface area contributed by atoms with Crippen LogP contribution in [0.25, 0.3) is 0 Å². The second-order valence-corrected chi connectivity index (χ2v) is 7.11. The molecule has 2 amide bonds. The summed E-state index contributed by atoms with van der Waals surface area (Å²) in [5, 5.41) is 13.6. The normalized spacial score (nSPS) is 15.9. The minimum absolute atomic E-state index is 0.0323. The first-order valence-electron chi connectivity index (χ1n) is 8.03. The molecule has 0 atom stereocenters. The number of hydrogen-bond donors (Lipinski definition) is 1. The molecule has 0 spiro atoms. The number of benzene rings is 1. The zero-order valence-corrected chi connectivity index (χ0v) is 14.2. The van der Waals surface area contributed by atoms with E-state index in [0.29, 0.717) is 31.5 Å². The zero-order chi connectivity index (χ0) is 17.9. The average molecular weight is 333 g/mol. The summed E-state index contributed by atoms with van der Waals surface area (Å²) in [6.45, 7) is 6.85. The van der Waals surface area contributed by atoms with Crippen molar-refractivity contribution in [3.63, 3.8) is 0 Å². The van der Waals surface area contributed by atoms with Crippen molar-refractivity contribution in [3.05, 3.63) is 39.9 Å². The van der Waals surface area contributed by atoms with Crippen LogP contribution in [0, 0.1) is 16.0 Å². The molecule has 0 aliphatic carbocycles. The highest BCUT2D eigenvalue weighted by atomic mass is 16.6. The minimum Gasteiger partial charge on any atom is -0.351 e. The van der Waals surface area contributed by atoms with Gasteiger partial charge in [-0.3, -0.25) is 19.7 Å². The van der Waals surface area contributed by atoms with Gasteiger partial charge in [-0.25, -0.2) is 0 Å². The molecule has 1 N–H and O–H groups in total.